The Labute approximate surface area is 93.9 Å². The van der Waals surface area contributed by atoms with Crippen LogP contribution in [-0.2, 0) is 0 Å². The highest BCUT2D eigenvalue weighted by Gasteiger charge is 2.15. The number of nitrogens with one attached hydrogen (secondary N) is 1. The van der Waals surface area contributed by atoms with E-state index in [9.17, 15) is 8.78 Å². The summed E-state index contributed by atoms with van der Waals surface area (Å²) in [5, 5.41) is 11.6. The van der Waals surface area contributed by atoms with Crippen molar-refractivity contribution in [3.8, 4) is 6.07 Å². The Morgan fingerprint density at radius 3 is 2.62 bits per heavy atom. The van der Waals surface area contributed by atoms with Crippen LogP contribution in [-0.4, -0.2) is 6.54 Å². The second-order valence-corrected chi connectivity index (χ2v) is 4.30. The van der Waals surface area contributed by atoms with E-state index in [1.807, 2.05) is 13.8 Å². The molecule has 0 aliphatic heterocycles. The molecule has 1 aromatic carbocycles. The van der Waals surface area contributed by atoms with E-state index in [1.165, 1.54) is 12.1 Å². The van der Waals surface area contributed by atoms with Gasteiger partial charge in [-0.25, -0.2) is 8.78 Å². The molecule has 2 nitrogen and oxygen atoms in total. The molecule has 0 aliphatic carbocycles. The van der Waals surface area contributed by atoms with Crippen molar-refractivity contribution < 1.29 is 8.78 Å². The average Bonchev–Trinajstić information content (AvgIpc) is 2.21. The zero-order chi connectivity index (χ0) is 12.2. The molecule has 0 fully saturated rings. The molecule has 0 atom stereocenters. The van der Waals surface area contributed by atoms with Crippen molar-refractivity contribution in [3.63, 3.8) is 0 Å². The Morgan fingerprint density at radius 1 is 1.38 bits per heavy atom. The number of halogens is 2. The van der Waals surface area contributed by atoms with E-state index in [4.69, 9.17) is 5.26 Å². The fourth-order valence-electron chi connectivity index (χ4n) is 1.20. The van der Waals surface area contributed by atoms with Gasteiger partial charge in [0.25, 0.3) is 0 Å². The van der Waals surface area contributed by atoms with Crippen LogP contribution in [0.4, 0.5) is 14.5 Å². The molecular weight excluding hydrogens is 210 g/mol. The summed E-state index contributed by atoms with van der Waals surface area (Å²) >= 11 is 0. The average molecular weight is 224 g/mol. The van der Waals surface area contributed by atoms with Gasteiger partial charge in [-0.2, -0.15) is 5.26 Å². The molecule has 0 aliphatic rings. The van der Waals surface area contributed by atoms with Crippen LogP contribution in [0.5, 0.6) is 0 Å². The van der Waals surface area contributed by atoms with Crippen molar-refractivity contribution in [2.45, 2.75) is 20.3 Å². The lowest BCUT2D eigenvalue weighted by atomic mass is 9.91. The second-order valence-electron chi connectivity index (χ2n) is 4.30. The first-order valence-electron chi connectivity index (χ1n) is 5.05. The summed E-state index contributed by atoms with van der Waals surface area (Å²) in [6, 6.07) is 5.54. The summed E-state index contributed by atoms with van der Waals surface area (Å²) < 4.78 is 25.8. The Bertz CT molecular complexity index is 408. The van der Waals surface area contributed by atoms with Crippen molar-refractivity contribution >= 4 is 5.69 Å². The van der Waals surface area contributed by atoms with Gasteiger partial charge in [0.05, 0.1) is 17.2 Å². The van der Waals surface area contributed by atoms with Crippen molar-refractivity contribution in [2.24, 2.45) is 5.41 Å². The van der Waals surface area contributed by atoms with E-state index in [0.717, 1.165) is 6.07 Å². The maximum atomic E-state index is 13.2. The zero-order valence-corrected chi connectivity index (χ0v) is 9.35. The molecule has 16 heavy (non-hydrogen) atoms. The number of benzene rings is 1. The molecule has 0 radical (unpaired) electrons. The summed E-state index contributed by atoms with van der Waals surface area (Å²) in [4.78, 5) is 0. The molecule has 0 saturated carbocycles. The smallest absolute Gasteiger partial charge is 0.149 e. The lowest BCUT2D eigenvalue weighted by molar-refractivity contribution is 0.466. The second kappa shape index (κ2) is 4.93. The van der Waals surface area contributed by atoms with Gasteiger partial charge < -0.3 is 5.32 Å². The van der Waals surface area contributed by atoms with Gasteiger partial charge in [-0.05, 0) is 32.4 Å². The van der Waals surface area contributed by atoms with Gasteiger partial charge in [-0.3, -0.25) is 0 Å². The van der Waals surface area contributed by atoms with E-state index >= 15 is 0 Å². The minimum atomic E-state index is -0.616. The highest BCUT2D eigenvalue weighted by Crippen LogP contribution is 2.20. The Kier molecular flexibility index (Phi) is 3.83. The van der Waals surface area contributed by atoms with Gasteiger partial charge in [-0.1, -0.05) is 0 Å². The number of hydrogen-bond donors (Lipinski definition) is 1. The van der Waals surface area contributed by atoms with E-state index in [-0.39, 0.29) is 5.69 Å². The number of hydrogen-bond acceptors (Lipinski definition) is 2. The molecule has 0 bridgehead atoms. The first-order chi connectivity index (χ1) is 7.44. The van der Waals surface area contributed by atoms with Gasteiger partial charge in [0.15, 0.2) is 0 Å². The van der Waals surface area contributed by atoms with Crippen molar-refractivity contribution in [2.75, 3.05) is 11.9 Å². The van der Waals surface area contributed by atoms with Gasteiger partial charge in [0.1, 0.15) is 11.6 Å². The molecule has 1 rings (SSSR count). The highest BCUT2D eigenvalue weighted by atomic mass is 19.1. The fourth-order valence-corrected chi connectivity index (χ4v) is 1.20. The third-order valence-corrected chi connectivity index (χ3v) is 2.30. The van der Waals surface area contributed by atoms with Gasteiger partial charge in [0, 0.05) is 12.6 Å². The highest BCUT2D eigenvalue weighted by molar-refractivity contribution is 5.44. The fraction of sp³-hybridized carbons (Fsp3) is 0.417. The van der Waals surface area contributed by atoms with E-state index in [2.05, 4.69) is 11.4 Å². The molecule has 0 heterocycles. The number of nitrogens with zero attached hydrogens (tertiary/aromatic N) is 1. The van der Waals surface area contributed by atoms with Crippen LogP contribution in [0.3, 0.4) is 0 Å². The summed E-state index contributed by atoms with van der Waals surface area (Å²) in [5.41, 5.74) is -0.182. The van der Waals surface area contributed by atoms with Crippen LogP contribution >= 0.6 is 0 Å². The van der Waals surface area contributed by atoms with E-state index in [0.29, 0.717) is 13.0 Å². The van der Waals surface area contributed by atoms with Gasteiger partial charge >= 0.3 is 0 Å². The summed E-state index contributed by atoms with van der Waals surface area (Å²) in [6.07, 6.45) is 0.598. The predicted molar refractivity (Wildman–Crippen MR) is 58.9 cm³/mol. The van der Waals surface area contributed by atoms with Crippen molar-refractivity contribution in [3.05, 3.63) is 29.8 Å². The first-order valence-corrected chi connectivity index (χ1v) is 5.05. The first kappa shape index (κ1) is 12.4. The maximum Gasteiger partial charge on any atom is 0.149 e. The Balaban J connectivity index is 2.53. The Morgan fingerprint density at radius 2 is 2.06 bits per heavy atom. The molecule has 0 unspecified atom stereocenters. The van der Waals surface area contributed by atoms with Crippen LogP contribution in [0.15, 0.2) is 18.2 Å². The predicted octanol–water partition coefficient (Wildman–Crippen LogP) is 3.32. The molecule has 1 aromatic rings. The summed E-state index contributed by atoms with van der Waals surface area (Å²) in [7, 11) is 0. The quantitative estimate of drug-likeness (QED) is 0.851. The molecule has 4 heteroatoms. The van der Waals surface area contributed by atoms with Crippen molar-refractivity contribution in [1.82, 2.24) is 0 Å². The molecule has 0 saturated heterocycles. The maximum absolute atomic E-state index is 13.2. The SMILES string of the molecule is CC(C)(C#N)CCNc1ccc(F)cc1F. The third-order valence-electron chi connectivity index (χ3n) is 2.30. The zero-order valence-electron chi connectivity index (χ0n) is 9.35. The molecule has 0 spiro atoms. The van der Waals surface area contributed by atoms with Gasteiger partial charge in [0.2, 0.25) is 0 Å². The van der Waals surface area contributed by atoms with Gasteiger partial charge in [-0.15, -0.1) is 0 Å². The number of nitriles is 1. The van der Waals surface area contributed by atoms with E-state index < -0.39 is 17.0 Å². The van der Waals surface area contributed by atoms with Crippen molar-refractivity contribution in [1.29, 1.82) is 5.26 Å². The third kappa shape index (κ3) is 3.50. The summed E-state index contributed by atoms with van der Waals surface area (Å²) in [5.74, 6) is -1.21. The number of rotatable bonds is 4. The lowest BCUT2D eigenvalue weighted by Gasteiger charge is -2.15. The van der Waals surface area contributed by atoms with Crippen LogP contribution < -0.4 is 5.32 Å². The topological polar surface area (TPSA) is 35.8 Å². The molecule has 86 valence electrons. The Hall–Kier alpha value is -1.63. The minimum absolute atomic E-state index is 0.259. The normalized spacial score (nSPS) is 10.9. The molecule has 0 aromatic heterocycles. The van der Waals surface area contributed by atoms with Crippen LogP contribution in [0.1, 0.15) is 20.3 Å². The van der Waals surface area contributed by atoms with Crippen LogP contribution in [0.25, 0.3) is 0 Å². The standard InChI is InChI=1S/C12H14F2N2/c1-12(2,8-15)5-6-16-11-4-3-9(13)7-10(11)14/h3-4,7,16H,5-6H2,1-2H3. The van der Waals surface area contributed by atoms with Crippen LogP contribution in [0, 0.1) is 28.4 Å². The van der Waals surface area contributed by atoms with Crippen LogP contribution in [0.2, 0.25) is 0 Å². The molecule has 1 N–H and O–H groups in total. The molecule has 0 amide bonds. The minimum Gasteiger partial charge on any atom is -0.383 e. The number of anilines is 1. The summed E-state index contributed by atoms with van der Waals surface area (Å²) in [6.45, 7) is 4.11. The lowest BCUT2D eigenvalue weighted by Crippen LogP contribution is -2.15. The monoisotopic (exact) mass is 224 g/mol. The molecular formula is C12H14F2N2. The largest absolute Gasteiger partial charge is 0.383 e. The van der Waals surface area contributed by atoms with E-state index in [1.54, 1.807) is 0 Å².